The van der Waals surface area contributed by atoms with Crippen LogP contribution in [0, 0.1) is 6.92 Å². The van der Waals surface area contributed by atoms with Crippen molar-refractivity contribution in [1.82, 2.24) is 0 Å². The van der Waals surface area contributed by atoms with E-state index in [1.807, 2.05) is 32.0 Å². The molecule has 16 heavy (non-hydrogen) atoms. The standard InChI is InChI=1S/C14H18O2/c1-10-5-3-6-11(9-10)14(2)8-4-7-12(15)13(14)16/h3,5-6,9,12,15H,4,7-8H2,1-2H3. The van der Waals surface area contributed by atoms with Gasteiger partial charge in [-0.15, -0.1) is 0 Å². The van der Waals surface area contributed by atoms with Crippen LogP contribution in [0.4, 0.5) is 0 Å². The molecular formula is C14H18O2. The fourth-order valence-corrected chi connectivity index (χ4v) is 2.55. The highest BCUT2D eigenvalue weighted by Gasteiger charge is 2.41. The first-order valence-electron chi connectivity index (χ1n) is 5.83. The molecule has 0 spiro atoms. The van der Waals surface area contributed by atoms with Crippen LogP contribution < -0.4 is 0 Å². The van der Waals surface area contributed by atoms with Crippen molar-refractivity contribution in [3.05, 3.63) is 35.4 Å². The molecule has 2 heteroatoms. The number of ketones is 1. The lowest BCUT2D eigenvalue weighted by atomic mass is 9.69. The summed E-state index contributed by atoms with van der Waals surface area (Å²) in [6.07, 6.45) is 1.59. The molecular weight excluding hydrogens is 200 g/mol. The molecule has 0 radical (unpaired) electrons. The minimum atomic E-state index is -0.778. The Bertz CT molecular complexity index is 411. The average Bonchev–Trinajstić information content (AvgIpc) is 2.26. The number of rotatable bonds is 1. The van der Waals surface area contributed by atoms with E-state index >= 15 is 0 Å². The number of Topliss-reactive ketones (excluding diaryl/α,β-unsaturated/α-hetero) is 1. The number of hydrogen-bond acceptors (Lipinski definition) is 2. The zero-order valence-electron chi connectivity index (χ0n) is 9.86. The Morgan fingerprint density at radius 1 is 1.44 bits per heavy atom. The molecule has 0 aliphatic heterocycles. The zero-order chi connectivity index (χ0) is 11.8. The fraction of sp³-hybridized carbons (Fsp3) is 0.500. The van der Waals surface area contributed by atoms with Crippen LogP contribution in [0.25, 0.3) is 0 Å². The Balaban J connectivity index is 2.41. The van der Waals surface area contributed by atoms with Crippen molar-refractivity contribution < 1.29 is 9.90 Å². The van der Waals surface area contributed by atoms with Crippen molar-refractivity contribution in [1.29, 1.82) is 0 Å². The van der Waals surface area contributed by atoms with Gasteiger partial charge in [-0.25, -0.2) is 0 Å². The predicted molar refractivity (Wildman–Crippen MR) is 63.4 cm³/mol. The van der Waals surface area contributed by atoms with Crippen LogP contribution in [0.15, 0.2) is 24.3 Å². The van der Waals surface area contributed by atoms with Crippen molar-refractivity contribution in [2.75, 3.05) is 0 Å². The van der Waals surface area contributed by atoms with E-state index < -0.39 is 11.5 Å². The monoisotopic (exact) mass is 218 g/mol. The Kier molecular flexibility index (Phi) is 2.85. The van der Waals surface area contributed by atoms with Gasteiger partial charge in [-0.3, -0.25) is 4.79 Å². The summed E-state index contributed by atoms with van der Waals surface area (Å²) in [6, 6.07) is 8.04. The van der Waals surface area contributed by atoms with Gasteiger partial charge in [0, 0.05) is 0 Å². The molecule has 0 aromatic heterocycles. The predicted octanol–water partition coefficient (Wildman–Crippen LogP) is 2.37. The third kappa shape index (κ3) is 1.78. The Morgan fingerprint density at radius 3 is 2.88 bits per heavy atom. The highest BCUT2D eigenvalue weighted by Crippen LogP contribution is 2.36. The molecule has 0 bridgehead atoms. The van der Waals surface area contributed by atoms with Crippen LogP contribution in [-0.2, 0) is 10.2 Å². The second-order valence-corrected chi connectivity index (χ2v) is 4.97. The van der Waals surface area contributed by atoms with Crippen LogP contribution in [0.1, 0.15) is 37.3 Å². The van der Waals surface area contributed by atoms with Gasteiger partial charge in [0.05, 0.1) is 5.41 Å². The summed E-state index contributed by atoms with van der Waals surface area (Å²) in [6.45, 7) is 3.98. The number of benzene rings is 1. The van der Waals surface area contributed by atoms with E-state index in [4.69, 9.17) is 0 Å². The first kappa shape index (κ1) is 11.3. The van der Waals surface area contributed by atoms with Gasteiger partial charge in [0.15, 0.2) is 5.78 Å². The first-order valence-corrected chi connectivity index (χ1v) is 5.83. The molecule has 2 atom stereocenters. The second-order valence-electron chi connectivity index (χ2n) is 4.97. The molecule has 0 amide bonds. The van der Waals surface area contributed by atoms with Crippen molar-refractivity contribution in [2.24, 2.45) is 0 Å². The lowest BCUT2D eigenvalue weighted by Crippen LogP contribution is -2.44. The minimum absolute atomic E-state index is 0.0237. The van der Waals surface area contributed by atoms with E-state index in [0.29, 0.717) is 6.42 Å². The highest BCUT2D eigenvalue weighted by molar-refractivity contribution is 5.93. The summed E-state index contributed by atoms with van der Waals surface area (Å²) in [4.78, 5) is 12.1. The average molecular weight is 218 g/mol. The molecule has 2 rings (SSSR count). The van der Waals surface area contributed by atoms with Crippen molar-refractivity contribution in [2.45, 2.75) is 44.6 Å². The van der Waals surface area contributed by atoms with Crippen LogP contribution in [-0.4, -0.2) is 17.0 Å². The van der Waals surface area contributed by atoms with Crippen LogP contribution in [0.2, 0.25) is 0 Å². The number of hydrogen-bond donors (Lipinski definition) is 1. The third-order valence-electron chi connectivity index (χ3n) is 3.66. The van der Waals surface area contributed by atoms with Gasteiger partial charge in [-0.2, -0.15) is 0 Å². The van der Waals surface area contributed by atoms with E-state index in [1.165, 1.54) is 0 Å². The Labute approximate surface area is 96.3 Å². The van der Waals surface area contributed by atoms with E-state index in [1.54, 1.807) is 0 Å². The minimum Gasteiger partial charge on any atom is -0.385 e. The van der Waals surface area contributed by atoms with Crippen molar-refractivity contribution >= 4 is 5.78 Å². The van der Waals surface area contributed by atoms with Crippen LogP contribution in [0.5, 0.6) is 0 Å². The van der Waals surface area contributed by atoms with Crippen LogP contribution in [0.3, 0.4) is 0 Å². The summed E-state index contributed by atoms with van der Waals surface area (Å²) in [5, 5.41) is 9.69. The van der Waals surface area contributed by atoms with Gasteiger partial charge in [-0.05, 0) is 38.7 Å². The molecule has 1 aromatic rings. The van der Waals surface area contributed by atoms with Crippen LogP contribution >= 0.6 is 0 Å². The fourth-order valence-electron chi connectivity index (χ4n) is 2.55. The molecule has 1 N–H and O–H groups in total. The molecule has 1 aromatic carbocycles. The second kappa shape index (κ2) is 4.02. The number of aryl methyl sites for hydroxylation is 1. The van der Waals surface area contributed by atoms with Gasteiger partial charge in [0.1, 0.15) is 6.10 Å². The van der Waals surface area contributed by atoms with E-state index in [2.05, 4.69) is 6.07 Å². The lowest BCUT2D eigenvalue weighted by Gasteiger charge is -2.35. The third-order valence-corrected chi connectivity index (χ3v) is 3.66. The molecule has 86 valence electrons. The molecule has 1 fully saturated rings. The molecule has 1 aliphatic carbocycles. The summed E-state index contributed by atoms with van der Waals surface area (Å²) in [7, 11) is 0. The smallest absolute Gasteiger partial charge is 0.171 e. The maximum atomic E-state index is 12.1. The number of aliphatic hydroxyl groups is 1. The van der Waals surface area contributed by atoms with E-state index in [9.17, 15) is 9.90 Å². The molecule has 1 saturated carbocycles. The molecule has 1 aliphatic rings. The largest absolute Gasteiger partial charge is 0.385 e. The Hall–Kier alpha value is -1.15. The highest BCUT2D eigenvalue weighted by atomic mass is 16.3. The number of aliphatic hydroxyl groups excluding tert-OH is 1. The maximum Gasteiger partial charge on any atom is 0.171 e. The normalized spacial score (nSPS) is 30.4. The Morgan fingerprint density at radius 2 is 2.19 bits per heavy atom. The van der Waals surface area contributed by atoms with Gasteiger partial charge in [-0.1, -0.05) is 29.8 Å². The zero-order valence-corrected chi connectivity index (χ0v) is 9.86. The van der Waals surface area contributed by atoms with Gasteiger partial charge < -0.3 is 5.11 Å². The topological polar surface area (TPSA) is 37.3 Å². The molecule has 0 saturated heterocycles. The summed E-state index contributed by atoms with van der Waals surface area (Å²) in [5.41, 5.74) is 1.70. The number of carbonyl (C=O) groups is 1. The summed E-state index contributed by atoms with van der Waals surface area (Å²) < 4.78 is 0. The molecule has 2 nitrogen and oxygen atoms in total. The maximum absolute atomic E-state index is 12.1. The molecule has 2 unspecified atom stereocenters. The van der Waals surface area contributed by atoms with Gasteiger partial charge in [0.25, 0.3) is 0 Å². The summed E-state index contributed by atoms with van der Waals surface area (Å²) in [5.74, 6) is -0.0237. The quantitative estimate of drug-likeness (QED) is 0.785. The SMILES string of the molecule is Cc1cccc(C2(C)CCCC(O)C2=O)c1. The summed E-state index contributed by atoms with van der Waals surface area (Å²) >= 11 is 0. The van der Waals surface area contributed by atoms with E-state index in [0.717, 1.165) is 24.0 Å². The van der Waals surface area contributed by atoms with Crippen molar-refractivity contribution in [3.63, 3.8) is 0 Å². The van der Waals surface area contributed by atoms with Crippen molar-refractivity contribution in [3.8, 4) is 0 Å². The van der Waals surface area contributed by atoms with Gasteiger partial charge in [0.2, 0.25) is 0 Å². The lowest BCUT2D eigenvalue weighted by molar-refractivity contribution is -0.135. The van der Waals surface area contributed by atoms with E-state index in [-0.39, 0.29) is 5.78 Å². The molecule has 0 heterocycles. The first-order chi connectivity index (χ1) is 7.54. The number of carbonyl (C=O) groups excluding carboxylic acids is 1. The van der Waals surface area contributed by atoms with Gasteiger partial charge >= 0.3 is 0 Å².